The standard InChI is InChI=1S/C20H22Cl2N2O4/c1-28-20-18(21)10-13(11-19(20)22)12-23(15-6-8-17(25)9-7-15)14-2-4-16(5-3-14)24(26)27/h2-5,10-11,15,17,25H,6-9,12H2,1H3. The van der Waals surface area contributed by atoms with E-state index in [-0.39, 0.29) is 17.8 Å². The van der Waals surface area contributed by atoms with Gasteiger partial charge in [0.2, 0.25) is 0 Å². The van der Waals surface area contributed by atoms with Gasteiger partial charge in [0, 0.05) is 30.4 Å². The lowest BCUT2D eigenvalue weighted by molar-refractivity contribution is -0.384. The third kappa shape index (κ3) is 4.69. The zero-order valence-electron chi connectivity index (χ0n) is 15.5. The SMILES string of the molecule is COc1c(Cl)cc(CN(c2ccc([N+](=O)[O-])cc2)C2CCC(O)CC2)cc1Cl. The van der Waals surface area contributed by atoms with E-state index in [1.165, 1.54) is 19.2 Å². The lowest BCUT2D eigenvalue weighted by Gasteiger charge is -2.37. The summed E-state index contributed by atoms with van der Waals surface area (Å²) in [5.74, 6) is 0.440. The number of methoxy groups -OCH3 is 1. The third-order valence-electron chi connectivity index (χ3n) is 5.11. The fraction of sp³-hybridized carbons (Fsp3) is 0.400. The molecule has 6 nitrogen and oxygen atoms in total. The molecule has 0 radical (unpaired) electrons. The molecule has 1 saturated carbocycles. The van der Waals surface area contributed by atoms with Crippen LogP contribution in [0, 0.1) is 10.1 Å². The number of halogens is 2. The predicted octanol–water partition coefficient (Wildman–Crippen LogP) is 5.22. The van der Waals surface area contributed by atoms with Crippen LogP contribution in [-0.4, -0.2) is 29.3 Å². The minimum absolute atomic E-state index is 0.0540. The first-order valence-corrected chi connectivity index (χ1v) is 9.85. The van der Waals surface area contributed by atoms with E-state index in [1.54, 1.807) is 12.1 Å². The summed E-state index contributed by atoms with van der Waals surface area (Å²) in [7, 11) is 1.52. The first-order valence-electron chi connectivity index (χ1n) is 9.10. The molecule has 1 aliphatic carbocycles. The van der Waals surface area contributed by atoms with Crippen molar-refractivity contribution >= 4 is 34.6 Å². The second-order valence-corrected chi connectivity index (χ2v) is 7.77. The van der Waals surface area contributed by atoms with Gasteiger partial charge < -0.3 is 14.7 Å². The van der Waals surface area contributed by atoms with Crippen LogP contribution in [0.3, 0.4) is 0 Å². The number of anilines is 1. The molecule has 0 amide bonds. The first-order chi connectivity index (χ1) is 13.4. The van der Waals surface area contributed by atoms with Crippen molar-refractivity contribution < 1.29 is 14.8 Å². The Kier molecular flexibility index (Phi) is 6.65. The second-order valence-electron chi connectivity index (χ2n) is 6.96. The number of ether oxygens (including phenoxy) is 1. The van der Waals surface area contributed by atoms with Crippen LogP contribution in [0.4, 0.5) is 11.4 Å². The molecule has 1 aliphatic rings. The van der Waals surface area contributed by atoms with E-state index in [0.717, 1.165) is 36.9 Å². The lowest BCUT2D eigenvalue weighted by atomic mass is 9.91. The number of aliphatic hydroxyl groups is 1. The van der Waals surface area contributed by atoms with Crippen molar-refractivity contribution in [1.29, 1.82) is 0 Å². The van der Waals surface area contributed by atoms with Crippen LogP contribution in [0.2, 0.25) is 10.0 Å². The molecule has 1 fully saturated rings. The Morgan fingerprint density at radius 2 is 1.71 bits per heavy atom. The van der Waals surface area contributed by atoms with Gasteiger partial charge in [-0.15, -0.1) is 0 Å². The minimum atomic E-state index is -0.409. The van der Waals surface area contributed by atoms with Crippen molar-refractivity contribution in [3.8, 4) is 5.75 Å². The fourth-order valence-electron chi connectivity index (χ4n) is 3.66. The van der Waals surface area contributed by atoms with Crippen LogP contribution in [0.15, 0.2) is 36.4 Å². The van der Waals surface area contributed by atoms with E-state index in [2.05, 4.69) is 4.90 Å². The third-order valence-corrected chi connectivity index (χ3v) is 5.68. The maximum Gasteiger partial charge on any atom is 0.269 e. The molecule has 0 heterocycles. The minimum Gasteiger partial charge on any atom is -0.494 e. The molecule has 2 aromatic carbocycles. The van der Waals surface area contributed by atoms with E-state index in [4.69, 9.17) is 27.9 Å². The van der Waals surface area contributed by atoms with Crippen molar-refractivity contribution in [2.24, 2.45) is 0 Å². The van der Waals surface area contributed by atoms with Gasteiger partial charge in [0.15, 0.2) is 5.75 Å². The van der Waals surface area contributed by atoms with E-state index in [1.807, 2.05) is 12.1 Å². The monoisotopic (exact) mass is 424 g/mol. The van der Waals surface area contributed by atoms with Crippen molar-refractivity contribution in [2.75, 3.05) is 12.0 Å². The Balaban J connectivity index is 1.91. The number of hydrogen-bond acceptors (Lipinski definition) is 5. The van der Waals surface area contributed by atoms with Gasteiger partial charge in [0.05, 0.1) is 28.2 Å². The summed E-state index contributed by atoms with van der Waals surface area (Å²) in [4.78, 5) is 12.8. The smallest absolute Gasteiger partial charge is 0.269 e. The number of aliphatic hydroxyl groups excluding tert-OH is 1. The maximum absolute atomic E-state index is 11.0. The molecule has 0 aliphatic heterocycles. The number of non-ortho nitro benzene ring substituents is 1. The average Bonchev–Trinajstić information content (AvgIpc) is 2.67. The van der Waals surface area contributed by atoms with Crippen LogP contribution in [0.1, 0.15) is 31.2 Å². The molecule has 2 aromatic rings. The molecular weight excluding hydrogens is 403 g/mol. The van der Waals surface area contributed by atoms with Crippen LogP contribution in [-0.2, 0) is 6.54 Å². The van der Waals surface area contributed by atoms with Crippen LogP contribution in [0.5, 0.6) is 5.75 Å². The molecule has 3 rings (SSSR count). The molecule has 8 heteroatoms. The predicted molar refractivity (Wildman–Crippen MR) is 111 cm³/mol. The fourth-order valence-corrected chi connectivity index (χ4v) is 4.35. The van der Waals surface area contributed by atoms with E-state index < -0.39 is 4.92 Å². The molecule has 0 atom stereocenters. The van der Waals surface area contributed by atoms with Gasteiger partial charge in [-0.2, -0.15) is 0 Å². The highest BCUT2D eigenvalue weighted by Crippen LogP contribution is 2.36. The van der Waals surface area contributed by atoms with Crippen LogP contribution < -0.4 is 9.64 Å². The summed E-state index contributed by atoms with van der Waals surface area (Å²) < 4.78 is 5.21. The van der Waals surface area contributed by atoms with Crippen molar-refractivity contribution in [1.82, 2.24) is 0 Å². The van der Waals surface area contributed by atoms with Gasteiger partial charge in [-0.25, -0.2) is 0 Å². The topological polar surface area (TPSA) is 75.8 Å². The van der Waals surface area contributed by atoms with Gasteiger partial charge in [0.25, 0.3) is 5.69 Å². The number of nitro benzene ring substituents is 1. The van der Waals surface area contributed by atoms with Crippen molar-refractivity contribution in [3.63, 3.8) is 0 Å². The van der Waals surface area contributed by atoms with Gasteiger partial charge in [-0.1, -0.05) is 23.2 Å². The summed E-state index contributed by atoms with van der Waals surface area (Å²) in [5, 5.41) is 21.7. The van der Waals surface area contributed by atoms with Gasteiger partial charge in [-0.05, 0) is 55.5 Å². The molecule has 150 valence electrons. The molecule has 0 bridgehead atoms. The highest BCUT2D eigenvalue weighted by Gasteiger charge is 2.26. The number of rotatable bonds is 6. The highest BCUT2D eigenvalue weighted by atomic mass is 35.5. The average molecular weight is 425 g/mol. The van der Waals surface area contributed by atoms with Crippen molar-refractivity contribution in [2.45, 2.75) is 44.4 Å². The number of benzene rings is 2. The Labute approximate surface area is 173 Å². The quantitative estimate of drug-likeness (QED) is 0.507. The maximum atomic E-state index is 11.0. The van der Waals surface area contributed by atoms with E-state index in [0.29, 0.717) is 22.3 Å². The molecule has 28 heavy (non-hydrogen) atoms. The summed E-state index contributed by atoms with van der Waals surface area (Å²) in [5.41, 5.74) is 1.86. The molecular formula is C20H22Cl2N2O4. The zero-order valence-corrected chi connectivity index (χ0v) is 17.0. The van der Waals surface area contributed by atoms with Gasteiger partial charge in [-0.3, -0.25) is 10.1 Å². The molecule has 0 unspecified atom stereocenters. The Morgan fingerprint density at radius 3 is 2.21 bits per heavy atom. The Hall–Kier alpha value is -2.02. The normalized spacial score (nSPS) is 19.3. The van der Waals surface area contributed by atoms with Crippen LogP contribution >= 0.6 is 23.2 Å². The van der Waals surface area contributed by atoms with E-state index >= 15 is 0 Å². The lowest BCUT2D eigenvalue weighted by Crippen LogP contribution is -2.38. The molecule has 1 N–H and O–H groups in total. The number of nitro groups is 1. The summed E-state index contributed by atoms with van der Waals surface area (Å²) in [6.45, 7) is 0.544. The zero-order chi connectivity index (χ0) is 20.3. The number of hydrogen-bond donors (Lipinski definition) is 1. The second kappa shape index (κ2) is 8.99. The molecule has 0 saturated heterocycles. The number of nitrogens with zero attached hydrogens (tertiary/aromatic N) is 2. The molecule has 0 spiro atoms. The van der Waals surface area contributed by atoms with Crippen molar-refractivity contribution in [3.05, 3.63) is 62.1 Å². The van der Waals surface area contributed by atoms with Gasteiger partial charge in [0.1, 0.15) is 0 Å². The Bertz CT molecular complexity index is 814. The summed E-state index contributed by atoms with van der Waals surface area (Å²) in [6.07, 6.45) is 2.89. The Morgan fingerprint density at radius 1 is 1.14 bits per heavy atom. The van der Waals surface area contributed by atoms with Gasteiger partial charge >= 0.3 is 0 Å². The highest BCUT2D eigenvalue weighted by molar-refractivity contribution is 6.37. The first kappa shape index (κ1) is 20.7. The summed E-state index contributed by atoms with van der Waals surface area (Å²) >= 11 is 12.6. The molecule has 0 aromatic heterocycles. The van der Waals surface area contributed by atoms with E-state index in [9.17, 15) is 15.2 Å². The van der Waals surface area contributed by atoms with Crippen LogP contribution in [0.25, 0.3) is 0 Å². The summed E-state index contributed by atoms with van der Waals surface area (Å²) in [6, 6.07) is 10.4. The largest absolute Gasteiger partial charge is 0.494 e.